The van der Waals surface area contributed by atoms with Gasteiger partial charge >= 0.3 is 5.97 Å². The molecule has 2 atom stereocenters. The number of rotatable bonds is 6. The summed E-state index contributed by atoms with van der Waals surface area (Å²) in [7, 11) is 0. The summed E-state index contributed by atoms with van der Waals surface area (Å²) < 4.78 is 0. The summed E-state index contributed by atoms with van der Waals surface area (Å²) in [5.41, 5.74) is 5.11. The number of primary amides is 1. The van der Waals surface area contributed by atoms with E-state index in [0.717, 1.165) is 12.8 Å². The fourth-order valence-corrected chi connectivity index (χ4v) is 1.36. The fraction of sp³-hybridized carbons (Fsp3) is 0.778. The summed E-state index contributed by atoms with van der Waals surface area (Å²) in [6.07, 6.45) is 1.63. The molecule has 13 heavy (non-hydrogen) atoms. The highest BCUT2D eigenvalue weighted by Gasteiger charge is 2.23. The quantitative estimate of drug-likeness (QED) is 0.650. The van der Waals surface area contributed by atoms with Gasteiger partial charge in [-0.05, 0) is 12.3 Å². The Morgan fingerprint density at radius 3 is 2.31 bits per heavy atom. The monoisotopic (exact) mass is 187 g/mol. The summed E-state index contributed by atoms with van der Waals surface area (Å²) in [6, 6.07) is 0. The highest BCUT2D eigenvalue weighted by molar-refractivity contribution is 5.77. The molecule has 0 saturated heterocycles. The van der Waals surface area contributed by atoms with Crippen LogP contribution >= 0.6 is 0 Å². The molecule has 0 rings (SSSR count). The summed E-state index contributed by atoms with van der Waals surface area (Å²) in [6.45, 7) is 3.65. The van der Waals surface area contributed by atoms with Crippen LogP contribution in [0.15, 0.2) is 0 Å². The van der Waals surface area contributed by atoms with E-state index in [1.165, 1.54) is 0 Å². The predicted octanol–water partition coefficient (Wildman–Crippen LogP) is 0.999. The van der Waals surface area contributed by atoms with Crippen LogP contribution in [0.2, 0.25) is 0 Å². The maximum absolute atomic E-state index is 10.8. The van der Waals surface area contributed by atoms with Crippen LogP contribution in [0.25, 0.3) is 0 Å². The van der Waals surface area contributed by atoms with E-state index in [2.05, 4.69) is 0 Å². The molecule has 3 N–H and O–H groups in total. The lowest BCUT2D eigenvalue weighted by Gasteiger charge is -2.18. The highest BCUT2D eigenvalue weighted by Crippen LogP contribution is 2.20. The van der Waals surface area contributed by atoms with Crippen molar-refractivity contribution < 1.29 is 14.7 Å². The largest absolute Gasteiger partial charge is 0.481 e. The Labute approximate surface area is 78.1 Å². The van der Waals surface area contributed by atoms with Gasteiger partial charge in [0.15, 0.2) is 0 Å². The number of aliphatic carboxylic acids is 1. The highest BCUT2D eigenvalue weighted by atomic mass is 16.4. The molecule has 0 heterocycles. The minimum absolute atomic E-state index is 0.0257. The maximum atomic E-state index is 10.8. The molecule has 1 amide bonds. The van der Waals surface area contributed by atoms with Crippen molar-refractivity contribution >= 4 is 11.9 Å². The zero-order valence-electron chi connectivity index (χ0n) is 8.12. The van der Waals surface area contributed by atoms with Gasteiger partial charge in [0.05, 0.1) is 0 Å². The standard InChI is InChI=1S/C9H17NO3/c1-3-4-7(5-8(11)12)6(2)9(10)13/h6-7H,3-5H2,1-2H3,(H2,10,13)(H,11,12)/t6-,7?/m1/s1. The Morgan fingerprint density at radius 1 is 1.46 bits per heavy atom. The van der Waals surface area contributed by atoms with E-state index in [4.69, 9.17) is 10.8 Å². The third-order valence-electron chi connectivity index (χ3n) is 2.25. The van der Waals surface area contributed by atoms with E-state index >= 15 is 0 Å². The van der Waals surface area contributed by atoms with Crippen LogP contribution in [-0.2, 0) is 9.59 Å². The molecular weight excluding hydrogens is 170 g/mol. The van der Waals surface area contributed by atoms with Gasteiger partial charge in [0.1, 0.15) is 0 Å². The molecule has 0 aromatic rings. The van der Waals surface area contributed by atoms with Crippen molar-refractivity contribution in [2.24, 2.45) is 17.6 Å². The first-order chi connectivity index (χ1) is 5.99. The van der Waals surface area contributed by atoms with E-state index in [9.17, 15) is 9.59 Å². The van der Waals surface area contributed by atoms with Gasteiger partial charge in [0.25, 0.3) is 0 Å². The molecule has 4 nitrogen and oxygen atoms in total. The molecule has 0 radical (unpaired) electrons. The van der Waals surface area contributed by atoms with E-state index in [-0.39, 0.29) is 18.3 Å². The van der Waals surface area contributed by atoms with Gasteiger partial charge in [-0.1, -0.05) is 20.3 Å². The smallest absolute Gasteiger partial charge is 0.303 e. The second-order valence-electron chi connectivity index (χ2n) is 3.34. The number of hydrogen-bond donors (Lipinski definition) is 2. The molecule has 0 saturated carbocycles. The fourth-order valence-electron chi connectivity index (χ4n) is 1.36. The van der Waals surface area contributed by atoms with E-state index < -0.39 is 11.9 Å². The molecule has 0 aromatic carbocycles. The van der Waals surface area contributed by atoms with Crippen LogP contribution < -0.4 is 5.73 Å². The van der Waals surface area contributed by atoms with Crippen LogP contribution in [0, 0.1) is 11.8 Å². The Hall–Kier alpha value is -1.06. The van der Waals surface area contributed by atoms with Crippen LogP contribution in [0.4, 0.5) is 0 Å². The first-order valence-electron chi connectivity index (χ1n) is 4.50. The predicted molar refractivity (Wildman–Crippen MR) is 49.0 cm³/mol. The molecule has 0 aliphatic heterocycles. The van der Waals surface area contributed by atoms with Crippen LogP contribution in [0.5, 0.6) is 0 Å². The minimum Gasteiger partial charge on any atom is -0.481 e. The molecule has 0 bridgehead atoms. The second-order valence-corrected chi connectivity index (χ2v) is 3.34. The van der Waals surface area contributed by atoms with E-state index in [1.54, 1.807) is 6.92 Å². The lowest BCUT2D eigenvalue weighted by Crippen LogP contribution is -2.29. The van der Waals surface area contributed by atoms with Crippen LogP contribution in [0.3, 0.4) is 0 Å². The number of carboxylic acids is 1. The van der Waals surface area contributed by atoms with Crippen LogP contribution in [-0.4, -0.2) is 17.0 Å². The van der Waals surface area contributed by atoms with Crippen molar-refractivity contribution in [3.63, 3.8) is 0 Å². The van der Waals surface area contributed by atoms with Gasteiger partial charge in [-0.15, -0.1) is 0 Å². The Balaban J connectivity index is 4.22. The molecule has 0 fully saturated rings. The molecule has 0 aromatic heterocycles. The van der Waals surface area contributed by atoms with Gasteiger partial charge in [-0.2, -0.15) is 0 Å². The zero-order valence-corrected chi connectivity index (χ0v) is 8.12. The molecule has 76 valence electrons. The van der Waals surface area contributed by atoms with Crippen molar-refractivity contribution in [2.75, 3.05) is 0 Å². The third-order valence-corrected chi connectivity index (χ3v) is 2.25. The van der Waals surface area contributed by atoms with E-state index in [1.807, 2.05) is 6.92 Å². The third kappa shape index (κ3) is 4.50. The summed E-state index contributed by atoms with van der Waals surface area (Å²) in [5.74, 6) is -1.76. The molecule has 0 aliphatic carbocycles. The lowest BCUT2D eigenvalue weighted by atomic mass is 9.87. The zero-order chi connectivity index (χ0) is 10.4. The molecular formula is C9H17NO3. The number of hydrogen-bond acceptors (Lipinski definition) is 2. The maximum Gasteiger partial charge on any atom is 0.303 e. The summed E-state index contributed by atoms with van der Waals surface area (Å²) in [5, 5.41) is 8.59. The topological polar surface area (TPSA) is 80.4 Å². The number of nitrogens with two attached hydrogens (primary N) is 1. The molecule has 0 spiro atoms. The van der Waals surface area contributed by atoms with Crippen molar-refractivity contribution in [1.82, 2.24) is 0 Å². The van der Waals surface area contributed by atoms with Crippen molar-refractivity contribution in [1.29, 1.82) is 0 Å². The minimum atomic E-state index is -0.869. The van der Waals surface area contributed by atoms with Crippen molar-refractivity contribution in [2.45, 2.75) is 33.1 Å². The van der Waals surface area contributed by atoms with E-state index in [0.29, 0.717) is 0 Å². The van der Waals surface area contributed by atoms with Crippen LogP contribution in [0.1, 0.15) is 33.1 Å². The molecule has 4 heteroatoms. The molecule has 1 unspecified atom stereocenters. The Morgan fingerprint density at radius 2 is 2.00 bits per heavy atom. The first-order valence-corrected chi connectivity index (χ1v) is 4.50. The Kier molecular flexibility index (Phi) is 5.11. The van der Waals surface area contributed by atoms with Gasteiger partial charge in [0.2, 0.25) is 5.91 Å². The average Bonchev–Trinajstić information content (AvgIpc) is 2.01. The Bertz CT molecular complexity index is 191. The number of amides is 1. The normalized spacial score (nSPS) is 14.9. The lowest BCUT2D eigenvalue weighted by molar-refractivity contribution is -0.139. The first kappa shape index (κ1) is 11.9. The van der Waals surface area contributed by atoms with Crippen molar-refractivity contribution in [3.05, 3.63) is 0 Å². The summed E-state index contributed by atoms with van der Waals surface area (Å²) >= 11 is 0. The van der Waals surface area contributed by atoms with Gasteiger partial charge in [-0.3, -0.25) is 9.59 Å². The number of carbonyl (C=O) groups excluding carboxylic acids is 1. The van der Waals surface area contributed by atoms with Gasteiger partial charge in [-0.25, -0.2) is 0 Å². The molecule has 0 aliphatic rings. The second kappa shape index (κ2) is 5.56. The van der Waals surface area contributed by atoms with Gasteiger partial charge in [0, 0.05) is 12.3 Å². The average molecular weight is 187 g/mol. The number of carboxylic acid groups (broad SMARTS) is 1. The summed E-state index contributed by atoms with van der Waals surface area (Å²) in [4.78, 5) is 21.3. The van der Waals surface area contributed by atoms with Crippen molar-refractivity contribution in [3.8, 4) is 0 Å². The van der Waals surface area contributed by atoms with Gasteiger partial charge < -0.3 is 10.8 Å². The number of carbonyl (C=O) groups is 2. The SMILES string of the molecule is CCCC(CC(=O)O)[C@@H](C)C(N)=O.